The van der Waals surface area contributed by atoms with Gasteiger partial charge in [0.15, 0.2) is 5.58 Å². The molecule has 0 amide bonds. The maximum Gasteiger partial charge on any atom is 0.417 e. The predicted octanol–water partition coefficient (Wildman–Crippen LogP) is 1.18. The zero-order valence-electron chi connectivity index (χ0n) is 10.5. The number of aromatic amines is 1. The fraction of sp³-hybridized carbons (Fsp3) is 0.417. The molecule has 0 fully saturated rings. The molecule has 0 aliphatic rings. The van der Waals surface area contributed by atoms with Crippen LogP contribution < -0.4 is 16.4 Å². The second-order valence-electron chi connectivity index (χ2n) is 4.19. The largest absolute Gasteiger partial charge is 0.417 e. The summed E-state index contributed by atoms with van der Waals surface area (Å²) in [6, 6.07) is 3.48. The van der Waals surface area contributed by atoms with Crippen LogP contribution in [0.4, 0.5) is 11.4 Å². The molecule has 6 nitrogen and oxygen atoms in total. The van der Waals surface area contributed by atoms with Gasteiger partial charge in [-0.1, -0.05) is 0 Å². The smallest absolute Gasteiger partial charge is 0.408 e. The third-order valence-corrected chi connectivity index (χ3v) is 2.82. The number of nitrogens with zero attached hydrogens (tertiary/aromatic N) is 1. The van der Waals surface area contributed by atoms with Gasteiger partial charge in [0, 0.05) is 33.4 Å². The van der Waals surface area contributed by atoms with Crippen molar-refractivity contribution in [2.24, 2.45) is 0 Å². The van der Waals surface area contributed by atoms with Crippen LogP contribution in [0.5, 0.6) is 0 Å². The molecular formula is C12H17N3O3. The fourth-order valence-corrected chi connectivity index (χ4v) is 1.90. The molecule has 2 rings (SSSR count). The molecule has 0 radical (unpaired) electrons. The van der Waals surface area contributed by atoms with E-state index < -0.39 is 5.76 Å². The minimum Gasteiger partial charge on any atom is -0.408 e. The predicted molar refractivity (Wildman–Crippen MR) is 71.0 cm³/mol. The lowest BCUT2D eigenvalue weighted by Crippen LogP contribution is -2.20. The topological polar surface area (TPSA) is 84.5 Å². The number of fused-ring (bicyclic) bond motifs is 1. The number of nitrogen functional groups attached to an aromatic ring is 1. The van der Waals surface area contributed by atoms with Crippen molar-refractivity contribution >= 4 is 22.5 Å². The minimum absolute atomic E-state index is 0.469. The van der Waals surface area contributed by atoms with Crippen LogP contribution in [0.25, 0.3) is 11.1 Å². The maximum atomic E-state index is 11.1. The number of rotatable bonds is 5. The van der Waals surface area contributed by atoms with Crippen molar-refractivity contribution in [1.29, 1.82) is 0 Å². The Morgan fingerprint density at radius 1 is 1.50 bits per heavy atom. The highest BCUT2D eigenvalue weighted by atomic mass is 16.5. The van der Waals surface area contributed by atoms with E-state index in [1.807, 2.05) is 18.0 Å². The molecule has 0 unspecified atom stereocenters. The molecule has 6 heteroatoms. The highest BCUT2D eigenvalue weighted by Crippen LogP contribution is 2.27. The van der Waals surface area contributed by atoms with E-state index in [1.165, 1.54) is 0 Å². The van der Waals surface area contributed by atoms with E-state index in [-0.39, 0.29) is 0 Å². The van der Waals surface area contributed by atoms with Crippen LogP contribution in [-0.2, 0) is 4.74 Å². The molecule has 0 atom stereocenters. The fourth-order valence-electron chi connectivity index (χ4n) is 1.90. The zero-order chi connectivity index (χ0) is 13.1. The third kappa shape index (κ3) is 2.48. The number of nitrogens with one attached hydrogen (secondary N) is 1. The van der Waals surface area contributed by atoms with Crippen molar-refractivity contribution in [3.8, 4) is 0 Å². The highest BCUT2D eigenvalue weighted by molar-refractivity contribution is 5.85. The number of anilines is 2. The molecule has 1 aromatic carbocycles. The number of hydrogen-bond donors (Lipinski definition) is 2. The van der Waals surface area contributed by atoms with Crippen molar-refractivity contribution < 1.29 is 9.15 Å². The first-order valence-electron chi connectivity index (χ1n) is 5.74. The van der Waals surface area contributed by atoms with Gasteiger partial charge in [-0.15, -0.1) is 0 Å². The summed E-state index contributed by atoms with van der Waals surface area (Å²) in [6.07, 6.45) is 0.909. The molecule has 2 aromatic rings. The average Bonchev–Trinajstić information content (AvgIpc) is 2.67. The van der Waals surface area contributed by atoms with Crippen LogP contribution in [0.2, 0.25) is 0 Å². The van der Waals surface area contributed by atoms with E-state index in [9.17, 15) is 4.79 Å². The Labute approximate surface area is 104 Å². The van der Waals surface area contributed by atoms with E-state index in [1.54, 1.807) is 13.2 Å². The van der Waals surface area contributed by atoms with E-state index >= 15 is 0 Å². The molecule has 0 bridgehead atoms. The number of hydrogen-bond acceptors (Lipinski definition) is 5. The summed E-state index contributed by atoms with van der Waals surface area (Å²) < 4.78 is 9.96. The number of oxazole rings is 1. The van der Waals surface area contributed by atoms with E-state index in [0.29, 0.717) is 23.4 Å². The first-order chi connectivity index (χ1) is 8.61. The van der Waals surface area contributed by atoms with Gasteiger partial charge < -0.3 is 19.8 Å². The molecule has 0 aliphatic heterocycles. The van der Waals surface area contributed by atoms with Crippen molar-refractivity contribution in [1.82, 2.24) is 4.98 Å². The second-order valence-corrected chi connectivity index (χ2v) is 4.19. The van der Waals surface area contributed by atoms with Crippen molar-refractivity contribution in [2.75, 3.05) is 37.9 Å². The third-order valence-electron chi connectivity index (χ3n) is 2.82. The van der Waals surface area contributed by atoms with Crippen LogP contribution in [0.3, 0.4) is 0 Å². The standard InChI is InChI=1S/C12H17N3O3/c1-15(4-3-5-17-2)10-7-9-11(6-8(10)13)18-12(16)14-9/h6-7H,3-5,13H2,1-2H3,(H,14,16). The lowest BCUT2D eigenvalue weighted by molar-refractivity contribution is 0.196. The summed E-state index contributed by atoms with van der Waals surface area (Å²) in [6.45, 7) is 1.53. The number of nitrogens with two attached hydrogens (primary N) is 1. The number of H-pyrrole nitrogens is 1. The van der Waals surface area contributed by atoms with Crippen molar-refractivity contribution in [2.45, 2.75) is 6.42 Å². The Morgan fingerprint density at radius 3 is 3.00 bits per heavy atom. The quantitative estimate of drug-likeness (QED) is 0.615. The summed E-state index contributed by atoms with van der Waals surface area (Å²) >= 11 is 0. The Bertz CT molecular complexity index is 588. The molecule has 0 saturated heterocycles. The van der Waals surface area contributed by atoms with Crippen LogP contribution in [0, 0.1) is 0 Å². The van der Waals surface area contributed by atoms with Gasteiger partial charge in [-0.3, -0.25) is 4.98 Å². The summed E-state index contributed by atoms with van der Waals surface area (Å²) in [4.78, 5) is 15.7. The van der Waals surface area contributed by atoms with Gasteiger partial charge in [0.2, 0.25) is 0 Å². The molecule has 18 heavy (non-hydrogen) atoms. The molecule has 0 aliphatic carbocycles. The molecule has 0 spiro atoms. The number of methoxy groups -OCH3 is 1. The molecule has 3 N–H and O–H groups in total. The first-order valence-corrected chi connectivity index (χ1v) is 5.74. The molecule has 1 heterocycles. The Morgan fingerprint density at radius 2 is 2.28 bits per heavy atom. The van der Waals surface area contributed by atoms with Gasteiger partial charge >= 0.3 is 5.76 Å². The normalized spacial score (nSPS) is 11.0. The Balaban J connectivity index is 2.26. The molecular weight excluding hydrogens is 234 g/mol. The lowest BCUT2D eigenvalue weighted by atomic mass is 10.2. The van der Waals surface area contributed by atoms with Gasteiger partial charge in [-0.2, -0.15) is 0 Å². The monoisotopic (exact) mass is 251 g/mol. The van der Waals surface area contributed by atoms with Crippen LogP contribution in [0.15, 0.2) is 21.3 Å². The van der Waals surface area contributed by atoms with E-state index in [0.717, 1.165) is 18.7 Å². The minimum atomic E-state index is -0.469. The zero-order valence-corrected chi connectivity index (χ0v) is 10.5. The molecule has 0 saturated carbocycles. The average molecular weight is 251 g/mol. The van der Waals surface area contributed by atoms with E-state index in [2.05, 4.69) is 4.98 Å². The van der Waals surface area contributed by atoms with Gasteiger partial charge in [-0.25, -0.2) is 4.79 Å². The summed E-state index contributed by atoms with van der Waals surface area (Å²) in [5.41, 5.74) is 8.54. The molecule has 98 valence electrons. The maximum absolute atomic E-state index is 11.1. The SMILES string of the molecule is COCCCN(C)c1cc2[nH]c(=O)oc2cc1N. The van der Waals surface area contributed by atoms with Crippen LogP contribution in [0.1, 0.15) is 6.42 Å². The van der Waals surface area contributed by atoms with Gasteiger partial charge in [0.05, 0.1) is 16.9 Å². The summed E-state index contributed by atoms with van der Waals surface area (Å²) in [5.74, 6) is -0.469. The van der Waals surface area contributed by atoms with Crippen molar-refractivity contribution in [3.05, 3.63) is 22.7 Å². The summed E-state index contributed by atoms with van der Waals surface area (Å²) in [7, 11) is 3.63. The van der Waals surface area contributed by atoms with Gasteiger partial charge in [0.25, 0.3) is 0 Å². The first kappa shape index (κ1) is 12.5. The number of ether oxygens (including phenoxy) is 1. The Hall–Kier alpha value is -1.95. The number of aromatic nitrogens is 1. The Kier molecular flexibility index (Phi) is 3.57. The highest BCUT2D eigenvalue weighted by Gasteiger charge is 2.10. The van der Waals surface area contributed by atoms with Crippen LogP contribution >= 0.6 is 0 Å². The second kappa shape index (κ2) is 5.14. The van der Waals surface area contributed by atoms with Crippen LogP contribution in [-0.4, -0.2) is 32.3 Å². The number of benzene rings is 1. The van der Waals surface area contributed by atoms with E-state index in [4.69, 9.17) is 14.9 Å². The lowest BCUT2D eigenvalue weighted by Gasteiger charge is -2.20. The van der Waals surface area contributed by atoms with Crippen molar-refractivity contribution in [3.63, 3.8) is 0 Å². The van der Waals surface area contributed by atoms with Gasteiger partial charge in [0.1, 0.15) is 0 Å². The van der Waals surface area contributed by atoms with Gasteiger partial charge in [-0.05, 0) is 12.5 Å². The molecule has 1 aromatic heterocycles. The summed E-state index contributed by atoms with van der Waals surface area (Å²) in [5, 5.41) is 0.